The lowest BCUT2D eigenvalue weighted by Crippen LogP contribution is -2.35. The summed E-state index contributed by atoms with van der Waals surface area (Å²) in [6, 6.07) is 4.09. The first-order chi connectivity index (χ1) is 7.35. The van der Waals surface area contributed by atoms with Crippen molar-refractivity contribution in [1.82, 2.24) is 4.72 Å². The van der Waals surface area contributed by atoms with Crippen LogP contribution in [0.2, 0.25) is 0 Å². The van der Waals surface area contributed by atoms with Crippen molar-refractivity contribution in [3.05, 3.63) is 23.8 Å². The fourth-order valence-electron chi connectivity index (χ4n) is 1.30. The predicted octanol–water partition coefficient (Wildman–Crippen LogP) is 0.236. The second-order valence-corrected chi connectivity index (χ2v) is 5.50. The van der Waals surface area contributed by atoms with Gasteiger partial charge in [0.1, 0.15) is 0 Å². The minimum atomic E-state index is -3.61. The number of nitrogens with two attached hydrogens (primary N) is 1. The van der Waals surface area contributed by atoms with Crippen LogP contribution in [0.1, 0.15) is 12.5 Å². The van der Waals surface area contributed by atoms with Gasteiger partial charge in [-0.15, -0.1) is 0 Å². The molecule has 0 saturated heterocycles. The number of aryl methyl sites for hydroxylation is 1. The third-order valence-corrected chi connectivity index (χ3v) is 3.58. The van der Waals surface area contributed by atoms with Crippen molar-refractivity contribution in [2.75, 3.05) is 12.3 Å². The third kappa shape index (κ3) is 3.19. The van der Waals surface area contributed by atoms with Gasteiger partial charge in [-0.3, -0.25) is 0 Å². The molecule has 0 fully saturated rings. The van der Waals surface area contributed by atoms with Crippen LogP contribution in [0.4, 0.5) is 5.69 Å². The fourth-order valence-corrected chi connectivity index (χ4v) is 2.67. The van der Waals surface area contributed by atoms with Gasteiger partial charge in [-0.05, 0) is 37.6 Å². The summed E-state index contributed by atoms with van der Waals surface area (Å²) in [5.74, 6) is 0. The quantitative estimate of drug-likeness (QED) is 0.661. The second kappa shape index (κ2) is 4.82. The van der Waals surface area contributed by atoms with Crippen LogP contribution < -0.4 is 10.5 Å². The lowest BCUT2D eigenvalue weighted by Gasteiger charge is -2.12. The number of nitrogen functional groups attached to an aromatic ring is 1. The Morgan fingerprint density at radius 1 is 1.44 bits per heavy atom. The third-order valence-electron chi connectivity index (χ3n) is 2.01. The molecule has 0 aliphatic rings. The highest BCUT2D eigenvalue weighted by Crippen LogP contribution is 2.16. The number of hydrogen-bond donors (Lipinski definition) is 3. The summed E-state index contributed by atoms with van der Waals surface area (Å²) in [6.07, 6.45) is 0. The lowest BCUT2D eigenvalue weighted by molar-refractivity contribution is 0.265. The Morgan fingerprint density at radius 2 is 2.06 bits per heavy atom. The number of nitrogens with one attached hydrogen (secondary N) is 1. The van der Waals surface area contributed by atoms with E-state index >= 15 is 0 Å². The van der Waals surface area contributed by atoms with E-state index in [1.165, 1.54) is 12.1 Å². The molecule has 0 bridgehead atoms. The Morgan fingerprint density at radius 3 is 2.56 bits per heavy atom. The van der Waals surface area contributed by atoms with Gasteiger partial charge >= 0.3 is 0 Å². The van der Waals surface area contributed by atoms with E-state index in [0.717, 1.165) is 5.56 Å². The van der Waals surface area contributed by atoms with Gasteiger partial charge in [-0.1, -0.05) is 0 Å². The van der Waals surface area contributed by atoms with Crippen molar-refractivity contribution in [3.63, 3.8) is 0 Å². The summed E-state index contributed by atoms with van der Waals surface area (Å²) in [5.41, 5.74) is 6.75. The molecule has 0 aliphatic heterocycles. The van der Waals surface area contributed by atoms with Crippen molar-refractivity contribution in [2.45, 2.75) is 24.8 Å². The monoisotopic (exact) mass is 244 g/mol. The molecule has 1 aromatic carbocycles. The van der Waals surface area contributed by atoms with Crippen LogP contribution in [0.3, 0.4) is 0 Å². The minimum absolute atomic E-state index is 0.116. The normalized spacial score (nSPS) is 13.7. The molecule has 1 unspecified atom stereocenters. The molecule has 0 heterocycles. The molecule has 0 saturated carbocycles. The molecule has 0 spiro atoms. The molecule has 0 amide bonds. The molecule has 0 aliphatic carbocycles. The van der Waals surface area contributed by atoms with Gasteiger partial charge in [0.15, 0.2) is 0 Å². The zero-order valence-electron chi connectivity index (χ0n) is 9.27. The maximum Gasteiger partial charge on any atom is 0.240 e. The number of anilines is 1. The summed E-state index contributed by atoms with van der Waals surface area (Å²) < 4.78 is 26.0. The summed E-state index contributed by atoms with van der Waals surface area (Å²) >= 11 is 0. The van der Waals surface area contributed by atoms with Crippen LogP contribution in [-0.4, -0.2) is 26.2 Å². The van der Waals surface area contributed by atoms with Crippen LogP contribution in [0.25, 0.3) is 0 Å². The van der Waals surface area contributed by atoms with Crippen LogP contribution in [0.15, 0.2) is 23.1 Å². The zero-order valence-corrected chi connectivity index (χ0v) is 10.1. The van der Waals surface area contributed by atoms with Gasteiger partial charge in [-0.25, -0.2) is 13.1 Å². The molecule has 0 radical (unpaired) electrons. The molecule has 16 heavy (non-hydrogen) atoms. The topological polar surface area (TPSA) is 92.4 Å². The highest BCUT2D eigenvalue weighted by Gasteiger charge is 2.17. The summed E-state index contributed by atoms with van der Waals surface area (Å²) in [5, 5.41) is 8.80. The Bertz CT molecular complexity index is 451. The van der Waals surface area contributed by atoms with E-state index in [-0.39, 0.29) is 11.5 Å². The average Bonchev–Trinajstić information content (AvgIpc) is 2.15. The van der Waals surface area contributed by atoms with E-state index in [0.29, 0.717) is 5.69 Å². The van der Waals surface area contributed by atoms with Gasteiger partial charge < -0.3 is 10.8 Å². The van der Waals surface area contributed by atoms with Crippen molar-refractivity contribution >= 4 is 15.7 Å². The molecule has 5 nitrogen and oxygen atoms in total. The summed E-state index contributed by atoms with van der Waals surface area (Å²) in [4.78, 5) is 0.116. The first-order valence-electron chi connectivity index (χ1n) is 4.85. The first kappa shape index (κ1) is 13.0. The van der Waals surface area contributed by atoms with E-state index in [9.17, 15) is 8.42 Å². The second-order valence-electron chi connectivity index (χ2n) is 3.78. The number of aliphatic hydroxyl groups is 1. The first-order valence-corrected chi connectivity index (χ1v) is 6.34. The van der Waals surface area contributed by atoms with Crippen molar-refractivity contribution in [3.8, 4) is 0 Å². The van der Waals surface area contributed by atoms with Gasteiger partial charge in [0.2, 0.25) is 10.0 Å². The Labute approximate surface area is 95.3 Å². The molecule has 6 heteroatoms. The predicted molar refractivity (Wildman–Crippen MR) is 62.5 cm³/mol. The largest absolute Gasteiger partial charge is 0.399 e. The van der Waals surface area contributed by atoms with Crippen LogP contribution >= 0.6 is 0 Å². The zero-order chi connectivity index (χ0) is 12.3. The molecule has 90 valence electrons. The average molecular weight is 244 g/mol. The van der Waals surface area contributed by atoms with Crippen LogP contribution in [0, 0.1) is 6.92 Å². The van der Waals surface area contributed by atoms with Crippen LogP contribution in [0.5, 0.6) is 0 Å². The van der Waals surface area contributed by atoms with Gasteiger partial charge in [0.25, 0.3) is 0 Å². The standard InChI is InChI=1S/C10H16N2O3S/c1-7-3-9(11)5-10(4-7)16(14,15)12-8(2)6-13/h3-5,8,12-13H,6,11H2,1-2H3. The van der Waals surface area contributed by atoms with Gasteiger partial charge in [0, 0.05) is 11.7 Å². The minimum Gasteiger partial charge on any atom is -0.399 e. The van der Waals surface area contributed by atoms with Crippen molar-refractivity contribution in [2.24, 2.45) is 0 Å². The Hall–Kier alpha value is -1.11. The van der Waals surface area contributed by atoms with E-state index in [2.05, 4.69) is 4.72 Å². The highest BCUT2D eigenvalue weighted by atomic mass is 32.2. The number of hydrogen-bond acceptors (Lipinski definition) is 4. The molecule has 0 aromatic heterocycles. The smallest absolute Gasteiger partial charge is 0.240 e. The van der Waals surface area contributed by atoms with Gasteiger partial charge in [-0.2, -0.15) is 0 Å². The fraction of sp³-hybridized carbons (Fsp3) is 0.400. The van der Waals surface area contributed by atoms with E-state index in [1.807, 2.05) is 0 Å². The maximum atomic E-state index is 11.8. The summed E-state index contributed by atoms with van der Waals surface area (Å²) in [7, 11) is -3.61. The summed E-state index contributed by atoms with van der Waals surface area (Å²) in [6.45, 7) is 3.10. The highest BCUT2D eigenvalue weighted by molar-refractivity contribution is 7.89. The number of rotatable bonds is 4. The van der Waals surface area contributed by atoms with E-state index in [4.69, 9.17) is 10.8 Å². The molecular weight excluding hydrogens is 228 g/mol. The van der Waals surface area contributed by atoms with Crippen molar-refractivity contribution < 1.29 is 13.5 Å². The van der Waals surface area contributed by atoms with E-state index in [1.54, 1.807) is 19.9 Å². The molecule has 1 aromatic rings. The molecular formula is C10H16N2O3S. The van der Waals surface area contributed by atoms with Crippen molar-refractivity contribution in [1.29, 1.82) is 0 Å². The lowest BCUT2D eigenvalue weighted by atomic mass is 10.2. The van der Waals surface area contributed by atoms with E-state index < -0.39 is 16.1 Å². The van der Waals surface area contributed by atoms with Gasteiger partial charge in [0.05, 0.1) is 11.5 Å². The number of aliphatic hydroxyl groups excluding tert-OH is 1. The van der Waals surface area contributed by atoms with Crippen LogP contribution in [-0.2, 0) is 10.0 Å². The maximum absolute atomic E-state index is 11.8. The molecule has 1 atom stereocenters. The Balaban J connectivity index is 3.07. The SMILES string of the molecule is Cc1cc(N)cc(S(=O)(=O)NC(C)CO)c1. The molecule has 1 rings (SSSR count). The number of benzene rings is 1. The molecule has 4 N–H and O–H groups in total. The number of sulfonamides is 1. The Kier molecular flexibility index (Phi) is 3.90.